The first-order chi connectivity index (χ1) is 10.3. The van der Waals surface area contributed by atoms with Crippen LogP contribution in [0.5, 0.6) is 0 Å². The van der Waals surface area contributed by atoms with Crippen LogP contribution in [0.4, 0.5) is 0 Å². The van der Waals surface area contributed by atoms with E-state index < -0.39 is 0 Å². The normalized spacial score (nSPS) is 14.8. The average Bonchev–Trinajstić information content (AvgIpc) is 3.28. The highest BCUT2D eigenvalue weighted by Crippen LogP contribution is 2.41. The van der Waals surface area contributed by atoms with Gasteiger partial charge in [0.15, 0.2) is 0 Å². The number of imidazole rings is 1. The zero-order valence-electron chi connectivity index (χ0n) is 11.4. The molecule has 1 fully saturated rings. The van der Waals surface area contributed by atoms with Gasteiger partial charge in [-0.25, -0.2) is 4.98 Å². The van der Waals surface area contributed by atoms with Gasteiger partial charge in [-0.3, -0.25) is 0 Å². The lowest BCUT2D eigenvalue weighted by atomic mass is 10.1. The number of rotatable bonds is 3. The van der Waals surface area contributed by atoms with Gasteiger partial charge in [-0.15, -0.1) is 11.6 Å². The Hall–Kier alpha value is -1.51. The molecular formula is C17H14Cl2N2. The van der Waals surface area contributed by atoms with Crippen molar-refractivity contribution >= 4 is 34.2 Å². The van der Waals surface area contributed by atoms with Gasteiger partial charge in [0.05, 0.1) is 11.0 Å². The molecule has 1 aliphatic carbocycles. The van der Waals surface area contributed by atoms with Crippen molar-refractivity contribution in [1.29, 1.82) is 0 Å². The van der Waals surface area contributed by atoms with E-state index in [0.717, 1.165) is 33.0 Å². The first kappa shape index (κ1) is 13.2. The van der Waals surface area contributed by atoms with Crippen molar-refractivity contribution in [3.63, 3.8) is 0 Å². The second-order valence-corrected chi connectivity index (χ2v) is 6.20. The molecule has 0 unspecified atom stereocenters. The molecule has 1 aliphatic rings. The maximum Gasteiger partial charge on any atom is 0.141 e. The van der Waals surface area contributed by atoms with E-state index in [-0.39, 0.29) is 0 Å². The molecular weight excluding hydrogens is 303 g/mol. The Morgan fingerprint density at radius 3 is 2.52 bits per heavy atom. The molecule has 4 rings (SSSR count). The molecule has 2 aromatic carbocycles. The van der Waals surface area contributed by atoms with Crippen LogP contribution < -0.4 is 0 Å². The van der Waals surface area contributed by atoms with Crippen LogP contribution in [0.15, 0.2) is 42.5 Å². The molecule has 1 heterocycles. The van der Waals surface area contributed by atoms with E-state index in [9.17, 15) is 0 Å². The second-order valence-electron chi connectivity index (χ2n) is 5.50. The van der Waals surface area contributed by atoms with E-state index in [1.54, 1.807) is 0 Å². The van der Waals surface area contributed by atoms with Crippen LogP contribution in [-0.4, -0.2) is 9.55 Å². The summed E-state index contributed by atoms with van der Waals surface area (Å²) < 4.78 is 2.33. The lowest BCUT2D eigenvalue weighted by Gasteiger charge is -2.08. The van der Waals surface area contributed by atoms with Gasteiger partial charge in [0.25, 0.3) is 0 Å². The third kappa shape index (κ3) is 2.33. The standard InChI is InChI=1S/C17H14Cl2N2/c18-10-11-1-3-12(4-2-11)17-20-15-8-5-13(19)9-16(15)21(17)14-6-7-14/h1-5,8-9,14H,6-7,10H2. The molecule has 1 aromatic heterocycles. The Kier molecular flexibility index (Phi) is 3.16. The first-order valence-corrected chi connectivity index (χ1v) is 8.00. The van der Waals surface area contributed by atoms with E-state index in [4.69, 9.17) is 28.2 Å². The summed E-state index contributed by atoms with van der Waals surface area (Å²) in [4.78, 5) is 4.81. The highest BCUT2D eigenvalue weighted by atomic mass is 35.5. The fraction of sp³-hybridized carbons (Fsp3) is 0.235. The zero-order chi connectivity index (χ0) is 14.4. The number of nitrogens with zero attached hydrogens (tertiary/aromatic N) is 2. The van der Waals surface area contributed by atoms with Gasteiger partial charge < -0.3 is 4.57 Å². The molecule has 0 bridgehead atoms. The Balaban J connectivity index is 1.92. The fourth-order valence-electron chi connectivity index (χ4n) is 2.72. The first-order valence-electron chi connectivity index (χ1n) is 7.09. The Morgan fingerprint density at radius 2 is 1.86 bits per heavy atom. The topological polar surface area (TPSA) is 17.8 Å². The zero-order valence-corrected chi connectivity index (χ0v) is 12.9. The van der Waals surface area contributed by atoms with Gasteiger partial charge in [-0.05, 0) is 36.6 Å². The number of halogens is 2. The maximum atomic E-state index is 6.15. The van der Waals surface area contributed by atoms with E-state index in [2.05, 4.69) is 28.8 Å². The maximum absolute atomic E-state index is 6.15. The molecule has 4 heteroatoms. The van der Waals surface area contributed by atoms with Crippen LogP contribution in [0.25, 0.3) is 22.4 Å². The molecule has 0 radical (unpaired) electrons. The summed E-state index contributed by atoms with van der Waals surface area (Å²) in [5, 5.41) is 0.758. The van der Waals surface area contributed by atoms with Gasteiger partial charge in [-0.1, -0.05) is 35.9 Å². The summed E-state index contributed by atoms with van der Waals surface area (Å²) >= 11 is 12.0. The predicted molar refractivity (Wildman–Crippen MR) is 88.0 cm³/mol. The number of benzene rings is 2. The van der Waals surface area contributed by atoms with E-state index in [0.29, 0.717) is 11.9 Å². The molecule has 0 aliphatic heterocycles. The van der Waals surface area contributed by atoms with Gasteiger partial charge in [-0.2, -0.15) is 0 Å². The van der Waals surface area contributed by atoms with Crippen molar-refractivity contribution in [2.24, 2.45) is 0 Å². The van der Waals surface area contributed by atoms with Gasteiger partial charge in [0, 0.05) is 22.5 Å². The quantitative estimate of drug-likeness (QED) is 0.589. The highest BCUT2D eigenvalue weighted by Gasteiger charge is 2.28. The van der Waals surface area contributed by atoms with Crippen molar-refractivity contribution in [3.05, 3.63) is 53.1 Å². The van der Waals surface area contributed by atoms with Crippen molar-refractivity contribution in [3.8, 4) is 11.4 Å². The molecule has 0 saturated heterocycles. The van der Waals surface area contributed by atoms with E-state index in [1.807, 2.05) is 18.2 Å². The number of hydrogen-bond donors (Lipinski definition) is 0. The van der Waals surface area contributed by atoms with Crippen molar-refractivity contribution in [1.82, 2.24) is 9.55 Å². The molecule has 21 heavy (non-hydrogen) atoms. The van der Waals surface area contributed by atoms with Crippen LogP contribution in [0.1, 0.15) is 24.4 Å². The van der Waals surface area contributed by atoms with Crippen LogP contribution in [-0.2, 0) is 5.88 Å². The SMILES string of the molecule is ClCc1ccc(-c2nc3ccc(Cl)cc3n2C2CC2)cc1. The third-order valence-electron chi connectivity index (χ3n) is 3.93. The van der Waals surface area contributed by atoms with Crippen LogP contribution >= 0.6 is 23.2 Å². The second kappa shape index (κ2) is 5.04. The van der Waals surface area contributed by atoms with Crippen LogP contribution in [0.3, 0.4) is 0 Å². The Morgan fingerprint density at radius 1 is 1.10 bits per heavy atom. The summed E-state index contributed by atoms with van der Waals surface area (Å²) in [6, 6.07) is 14.8. The minimum Gasteiger partial charge on any atom is -0.321 e. The van der Waals surface area contributed by atoms with Gasteiger partial charge in [0.1, 0.15) is 5.82 Å². The number of fused-ring (bicyclic) bond motifs is 1. The van der Waals surface area contributed by atoms with Gasteiger partial charge >= 0.3 is 0 Å². The lowest BCUT2D eigenvalue weighted by molar-refractivity contribution is 0.775. The third-order valence-corrected chi connectivity index (χ3v) is 4.47. The van der Waals surface area contributed by atoms with Crippen molar-refractivity contribution in [2.45, 2.75) is 24.8 Å². The highest BCUT2D eigenvalue weighted by molar-refractivity contribution is 6.31. The Labute approximate surface area is 133 Å². The smallest absolute Gasteiger partial charge is 0.141 e. The van der Waals surface area contributed by atoms with Crippen LogP contribution in [0.2, 0.25) is 5.02 Å². The average molecular weight is 317 g/mol. The molecule has 1 saturated carbocycles. The minimum atomic E-state index is 0.537. The summed E-state index contributed by atoms with van der Waals surface area (Å²) in [7, 11) is 0. The predicted octanol–water partition coefficient (Wildman–Crippen LogP) is 5.43. The van der Waals surface area contributed by atoms with E-state index in [1.165, 1.54) is 12.8 Å². The van der Waals surface area contributed by atoms with Gasteiger partial charge in [0.2, 0.25) is 0 Å². The van der Waals surface area contributed by atoms with Crippen molar-refractivity contribution in [2.75, 3.05) is 0 Å². The molecule has 0 atom stereocenters. The van der Waals surface area contributed by atoms with Crippen molar-refractivity contribution < 1.29 is 0 Å². The molecule has 0 N–H and O–H groups in total. The molecule has 106 valence electrons. The summed E-state index contributed by atoms with van der Waals surface area (Å²) in [6.45, 7) is 0. The lowest BCUT2D eigenvalue weighted by Crippen LogP contribution is -1.97. The number of alkyl halides is 1. The summed E-state index contributed by atoms with van der Waals surface area (Å²) in [6.07, 6.45) is 2.43. The van der Waals surface area contributed by atoms with Crippen LogP contribution in [0, 0.1) is 0 Å². The fourth-order valence-corrected chi connectivity index (χ4v) is 3.06. The monoisotopic (exact) mass is 316 g/mol. The molecule has 3 aromatic rings. The number of aromatic nitrogens is 2. The molecule has 2 nitrogen and oxygen atoms in total. The van der Waals surface area contributed by atoms with E-state index >= 15 is 0 Å². The summed E-state index contributed by atoms with van der Waals surface area (Å²) in [5.41, 5.74) is 4.38. The minimum absolute atomic E-state index is 0.537. The largest absolute Gasteiger partial charge is 0.321 e. The summed E-state index contributed by atoms with van der Waals surface area (Å²) in [5.74, 6) is 1.56. The number of hydrogen-bond acceptors (Lipinski definition) is 1. The molecule has 0 spiro atoms. The molecule has 0 amide bonds. The Bertz CT molecular complexity index is 802.